The topological polar surface area (TPSA) is 105 Å². The fraction of sp³-hybridized carbons (Fsp3) is 0.600. The summed E-state index contributed by atoms with van der Waals surface area (Å²) < 4.78 is 11.8. The highest BCUT2D eigenvalue weighted by atomic mass is 16.6. The number of hydrogen-bond acceptors (Lipinski definition) is 6. The highest BCUT2D eigenvalue weighted by Gasteiger charge is 2.51. The Hall–Kier alpha value is -3.10. The van der Waals surface area contributed by atoms with Gasteiger partial charge in [0.05, 0.1) is 12.6 Å². The van der Waals surface area contributed by atoms with E-state index < -0.39 is 17.6 Å². The Kier molecular flexibility index (Phi) is 5.33. The quantitative estimate of drug-likeness (QED) is 0.683. The molecule has 1 unspecified atom stereocenters. The fourth-order valence-corrected chi connectivity index (χ4v) is 5.59. The van der Waals surface area contributed by atoms with Crippen LogP contribution in [0.25, 0.3) is 0 Å². The lowest BCUT2D eigenvalue weighted by Gasteiger charge is -2.44. The number of rotatable bonds is 3. The highest BCUT2D eigenvalue weighted by molar-refractivity contribution is 6.05. The minimum Gasteiger partial charge on any atom is -0.490 e. The third-order valence-corrected chi connectivity index (χ3v) is 7.24. The normalized spacial score (nSPS) is 28.6. The molecule has 1 aromatic rings. The van der Waals surface area contributed by atoms with Crippen LogP contribution in [0.2, 0.25) is 0 Å². The number of imide groups is 1. The van der Waals surface area contributed by atoms with E-state index in [1.54, 1.807) is 17.0 Å². The van der Waals surface area contributed by atoms with Gasteiger partial charge in [0, 0.05) is 30.6 Å². The maximum Gasteiger partial charge on any atom is 0.410 e. The first-order valence-corrected chi connectivity index (χ1v) is 11.9. The molecule has 1 saturated carbocycles. The molecule has 1 N–H and O–H groups in total. The van der Waals surface area contributed by atoms with Crippen LogP contribution in [-0.2, 0) is 20.9 Å². The number of piperidine rings is 1. The number of likely N-dealkylation sites (tertiary alicyclic amines) is 1. The highest BCUT2D eigenvalue weighted by Crippen LogP contribution is 2.50. The summed E-state index contributed by atoms with van der Waals surface area (Å²) in [6.07, 6.45) is 2.94. The van der Waals surface area contributed by atoms with Crippen molar-refractivity contribution in [3.05, 3.63) is 29.3 Å². The van der Waals surface area contributed by atoms with Gasteiger partial charge in [-0.05, 0) is 64.0 Å². The second-order valence-electron chi connectivity index (χ2n) is 11.0. The summed E-state index contributed by atoms with van der Waals surface area (Å²) in [5, 5.41) is 2.33. The molecule has 1 spiro atoms. The SMILES string of the molecule is CC(C)(C)OC(=O)N1CCC2(CC(Oc3cccc4c3CN(C3CCC(=O)NC3=O)C4=O)C2)C1. The van der Waals surface area contributed by atoms with Crippen molar-refractivity contribution in [2.75, 3.05) is 13.1 Å². The molecule has 2 saturated heterocycles. The molecule has 0 aromatic heterocycles. The first kappa shape index (κ1) is 22.7. The Morgan fingerprint density at radius 2 is 1.94 bits per heavy atom. The third kappa shape index (κ3) is 4.12. The predicted octanol–water partition coefficient (Wildman–Crippen LogP) is 2.62. The van der Waals surface area contributed by atoms with Crippen LogP contribution in [0.5, 0.6) is 5.75 Å². The van der Waals surface area contributed by atoms with Gasteiger partial charge in [0.1, 0.15) is 17.4 Å². The number of benzene rings is 1. The Labute approximate surface area is 198 Å². The molecular weight excluding hydrogens is 438 g/mol. The Morgan fingerprint density at radius 1 is 1.18 bits per heavy atom. The van der Waals surface area contributed by atoms with E-state index >= 15 is 0 Å². The van der Waals surface area contributed by atoms with Gasteiger partial charge in [0.15, 0.2) is 0 Å². The lowest BCUT2D eigenvalue weighted by Crippen LogP contribution is -2.52. The van der Waals surface area contributed by atoms with Gasteiger partial charge < -0.3 is 19.3 Å². The van der Waals surface area contributed by atoms with Gasteiger partial charge >= 0.3 is 6.09 Å². The maximum absolute atomic E-state index is 13.0. The molecule has 9 nitrogen and oxygen atoms in total. The minimum absolute atomic E-state index is 0.0184. The molecule has 34 heavy (non-hydrogen) atoms. The standard InChI is InChI=1S/C25H31N3O6/c1-24(2,3)34-23(32)27-10-9-25(14-27)11-15(12-25)33-19-6-4-5-16-17(19)13-28(22(16)31)18-7-8-20(29)26-21(18)30/h4-6,15,18H,7-14H2,1-3H3,(H,26,29,30). The largest absolute Gasteiger partial charge is 0.490 e. The number of carbonyl (C=O) groups is 4. The van der Waals surface area contributed by atoms with Crippen LogP contribution in [0.4, 0.5) is 4.79 Å². The zero-order valence-electron chi connectivity index (χ0n) is 19.9. The third-order valence-electron chi connectivity index (χ3n) is 7.24. The van der Waals surface area contributed by atoms with Gasteiger partial charge in [0.2, 0.25) is 11.8 Å². The van der Waals surface area contributed by atoms with E-state index in [0.29, 0.717) is 37.4 Å². The van der Waals surface area contributed by atoms with Crippen molar-refractivity contribution in [3.63, 3.8) is 0 Å². The molecule has 5 rings (SSSR count). The number of fused-ring (bicyclic) bond motifs is 1. The van der Waals surface area contributed by atoms with Crippen LogP contribution in [0.1, 0.15) is 68.8 Å². The molecule has 3 heterocycles. The van der Waals surface area contributed by atoms with Crippen molar-refractivity contribution < 1.29 is 28.7 Å². The molecule has 4 aliphatic rings. The number of ether oxygens (including phenoxy) is 2. The van der Waals surface area contributed by atoms with Crippen LogP contribution in [0, 0.1) is 5.41 Å². The molecule has 0 bridgehead atoms. The number of nitrogens with one attached hydrogen (secondary N) is 1. The summed E-state index contributed by atoms with van der Waals surface area (Å²) in [5.74, 6) is -0.256. The minimum atomic E-state index is -0.644. The van der Waals surface area contributed by atoms with E-state index in [4.69, 9.17) is 9.47 Å². The first-order valence-electron chi connectivity index (χ1n) is 11.9. The van der Waals surface area contributed by atoms with E-state index in [2.05, 4.69) is 5.32 Å². The summed E-state index contributed by atoms with van der Waals surface area (Å²) in [6.45, 7) is 7.27. The average Bonchev–Trinajstić information content (AvgIpc) is 3.30. The molecule has 1 aliphatic carbocycles. The maximum atomic E-state index is 13.0. The summed E-state index contributed by atoms with van der Waals surface area (Å²) in [4.78, 5) is 52.5. The molecule has 182 valence electrons. The first-order chi connectivity index (χ1) is 16.0. The van der Waals surface area contributed by atoms with Gasteiger partial charge in [-0.15, -0.1) is 0 Å². The van der Waals surface area contributed by atoms with E-state index in [9.17, 15) is 19.2 Å². The predicted molar refractivity (Wildman–Crippen MR) is 121 cm³/mol. The van der Waals surface area contributed by atoms with Crippen molar-refractivity contribution in [1.29, 1.82) is 0 Å². The molecular formula is C25H31N3O6. The van der Waals surface area contributed by atoms with Crippen molar-refractivity contribution in [2.45, 2.75) is 77.2 Å². The second kappa shape index (κ2) is 7.99. The Balaban J connectivity index is 1.21. The Morgan fingerprint density at radius 3 is 2.65 bits per heavy atom. The lowest BCUT2D eigenvalue weighted by molar-refractivity contribution is -0.136. The van der Waals surface area contributed by atoms with Gasteiger partial charge in [0.25, 0.3) is 5.91 Å². The van der Waals surface area contributed by atoms with E-state index in [0.717, 1.165) is 24.8 Å². The van der Waals surface area contributed by atoms with Crippen LogP contribution < -0.4 is 10.1 Å². The van der Waals surface area contributed by atoms with Crippen molar-refractivity contribution in [3.8, 4) is 5.75 Å². The molecule has 3 aliphatic heterocycles. The number of carbonyl (C=O) groups excluding carboxylic acids is 4. The fourth-order valence-electron chi connectivity index (χ4n) is 5.59. The van der Waals surface area contributed by atoms with Gasteiger partial charge in [-0.3, -0.25) is 19.7 Å². The van der Waals surface area contributed by atoms with Crippen LogP contribution in [0.3, 0.4) is 0 Å². The van der Waals surface area contributed by atoms with Gasteiger partial charge in [-0.1, -0.05) is 6.07 Å². The second-order valence-corrected chi connectivity index (χ2v) is 11.0. The smallest absolute Gasteiger partial charge is 0.410 e. The van der Waals surface area contributed by atoms with E-state index in [1.807, 2.05) is 26.8 Å². The molecule has 9 heteroatoms. The number of nitrogens with zero attached hydrogens (tertiary/aromatic N) is 2. The van der Waals surface area contributed by atoms with Crippen LogP contribution >= 0.6 is 0 Å². The number of hydrogen-bond donors (Lipinski definition) is 1. The Bertz CT molecular complexity index is 1060. The van der Waals surface area contributed by atoms with Gasteiger partial charge in [-0.25, -0.2) is 4.79 Å². The van der Waals surface area contributed by atoms with Crippen LogP contribution in [-0.4, -0.2) is 64.5 Å². The average molecular weight is 470 g/mol. The summed E-state index contributed by atoms with van der Waals surface area (Å²) >= 11 is 0. The molecule has 0 radical (unpaired) electrons. The summed E-state index contributed by atoms with van der Waals surface area (Å²) in [5.41, 5.74) is 0.895. The molecule has 4 amide bonds. The van der Waals surface area contributed by atoms with Crippen molar-refractivity contribution >= 4 is 23.8 Å². The van der Waals surface area contributed by atoms with Crippen molar-refractivity contribution in [2.24, 2.45) is 5.41 Å². The zero-order chi connectivity index (χ0) is 24.3. The molecule has 3 fully saturated rings. The monoisotopic (exact) mass is 469 g/mol. The zero-order valence-corrected chi connectivity index (χ0v) is 19.9. The number of amides is 4. The molecule has 1 atom stereocenters. The van der Waals surface area contributed by atoms with Gasteiger partial charge in [-0.2, -0.15) is 0 Å². The summed E-state index contributed by atoms with van der Waals surface area (Å²) in [6, 6.07) is 4.78. The van der Waals surface area contributed by atoms with E-state index in [1.165, 1.54) is 4.90 Å². The molecule has 1 aromatic carbocycles. The lowest BCUT2D eigenvalue weighted by atomic mass is 9.66. The van der Waals surface area contributed by atoms with Crippen LogP contribution in [0.15, 0.2) is 18.2 Å². The van der Waals surface area contributed by atoms with E-state index in [-0.39, 0.29) is 35.8 Å². The summed E-state index contributed by atoms with van der Waals surface area (Å²) in [7, 11) is 0. The van der Waals surface area contributed by atoms with Crippen molar-refractivity contribution in [1.82, 2.24) is 15.1 Å².